The standard InChI is InChI=1S/C17H17F3N6O/c1-25(14(27)6-17(18,19)20)10-3-5-26(9-10)13-8-23-24-12-7-22-16-11(15(12)13)2-4-21-16/h2,4,7-8,10H,3,5-6,9H2,1H3,(H,21,22). The number of fused-ring (bicyclic) bond motifs is 3. The lowest BCUT2D eigenvalue weighted by molar-refractivity contribution is -0.161. The monoisotopic (exact) mass is 378 g/mol. The normalized spacial score (nSPS) is 17.8. The van der Waals surface area contributed by atoms with Crippen LogP contribution >= 0.6 is 0 Å². The maximum atomic E-state index is 12.5. The number of rotatable bonds is 3. The predicted octanol–water partition coefficient (Wildman–Crippen LogP) is 2.50. The number of H-pyrrole nitrogens is 1. The Labute approximate surface area is 152 Å². The van der Waals surface area contributed by atoms with Crippen molar-refractivity contribution < 1.29 is 18.0 Å². The molecular formula is C17H17F3N6O. The topological polar surface area (TPSA) is 78.0 Å². The summed E-state index contributed by atoms with van der Waals surface area (Å²) in [6, 6.07) is 1.62. The van der Waals surface area contributed by atoms with E-state index in [-0.39, 0.29) is 6.04 Å². The molecule has 0 aliphatic carbocycles. The number of halogens is 3. The Morgan fingerprint density at radius 1 is 1.41 bits per heavy atom. The zero-order chi connectivity index (χ0) is 19.2. The van der Waals surface area contributed by atoms with Gasteiger partial charge in [0.15, 0.2) is 0 Å². The number of hydrogen-bond donors (Lipinski definition) is 1. The molecule has 0 bridgehead atoms. The van der Waals surface area contributed by atoms with Gasteiger partial charge in [-0.3, -0.25) is 4.79 Å². The van der Waals surface area contributed by atoms with Gasteiger partial charge in [-0.1, -0.05) is 0 Å². The SMILES string of the molecule is CN(C(=O)CC(F)(F)F)C1CCN(c2cnnc3cnc4[nH]ccc4c23)C1. The van der Waals surface area contributed by atoms with Crippen molar-refractivity contribution >= 4 is 33.5 Å². The predicted molar refractivity (Wildman–Crippen MR) is 93.2 cm³/mol. The number of aromatic amines is 1. The molecule has 1 fully saturated rings. The van der Waals surface area contributed by atoms with E-state index in [1.54, 1.807) is 18.6 Å². The van der Waals surface area contributed by atoms with Gasteiger partial charge < -0.3 is 14.8 Å². The summed E-state index contributed by atoms with van der Waals surface area (Å²) in [6.07, 6.45) is -0.272. The van der Waals surface area contributed by atoms with E-state index in [1.807, 2.05) is 11.0 Å². The number of anilines is 1. The summed E-state index contributed by atoms with van der Waals surface area (Å²) in [5, 5.41) is 9.95. The Bertz CT molecular complexity index is 1000. The number of likely N-dealkylation sites (N-methyl/N-ethyl adjacent to an activating group) is 1. The quantitative estimate of drug-likeness (QED) is 0.758. The number of aromatic nitrogens is 4. The van der Waals surface area contributed by atoms with Gasteiger partial charge in [0.05, 0.1) is 24.1 Å². The van der Waals surface area contributed by atoms with E-state index >= 15 is 0 Å². The van der Waals surface area contributed by atoms with Gasteiger partial charge in [0.1, 0.15) is 17.6 Å². The summed E-state index contributed by atoms with van der Waals surface area (Å²) in [7, 11) is 1.43. The molecule has 4 heterocycles. The Morgan fingerprint density at radius 2 is 2.22 bits per heavy atom. The molecule has 0 spiro atoms. The molecule has 1 saturated heterocycles. The number of carbonyl (C=O) groups excluding carboxylic acids is 1. The maximum absolute atomic E-state index is 12.5. The average Bonchev–Trinajstić information content (AvgIpc) is 3.28. The van der Waals surface area contributed by atoms with E-state index in [4.69, 9.17) is 0 Å². The zero-order valence-corrected chi connectivity index (χ0v) is 14.5. The molecule has 0 saturated carbocycles. The molecule has 1 amide bonds. The van der Waals surface area contributed by atoms with Gasteiger partial charge in [-0.05, 0) is 12.5 Å². The van der Waals surface area contributed by atoms with E-state index in [0.717, 1.165) is 22.1 Å². The van der Waals surface area contributed by atoms with Crippen molar-refractivity contribution in [2.24, 2.45) is 0 Å². The van der Waals surface area contributed by atoms with Gasteiger partial charge in [-0.15, -0.1) is 5.10 Å². The lowest BCUT2D eigenvalue weighted by Crippen LogP contribution is -2.40. The Morgan fingerprint density at radius 3 is 3.00 bits per heavy atom. The molecule has 1 N–H and O–H groups in total. The van der Waals surface area contributed by atoms with Crippen molar-refractivity contribution in [3.63, 3.8) is 0 Å². The summed E-state index contributed by atoms with van der Waals surface area (Å²) in [5.74, 6) is -0.913. The van der Waals surface area contributed by atoms with Gasteiger partial charge in [-0.2, -0.15) is 18.3 Å². The van der Waals surface area contributed by atoms with Crippen molar-refractivity contribution in [3.05, 3.63) is 24.7 Å². The summed E-state index contributed by atoms with van der Waals surface area (Å²) in [5.41, 5.74) is 2.21. The first-order valence-electron chi connectivity index (χ1n) is 8.48. The minimum absolute atomic E-state index is 0.286. The smallest absolute Gasteiger partial charge is 0.368 e. The molecule has 0 aromatic carbocycles. The molecular weight excluding hydrogens is 361 g/mol. The minimum Gasteiger partial charge on any atom is -0.368 e. The van der Waals surface area contributed by atoms with Crippen LogP contribution in [-0.2, 0) is 4.79 Å². The first kappa shape index (κ1) is 17.5. The highest BCUT2D eigenvalue weighted by atomic mass is 19.4. The van der Waals surface area contributed by atoms with Gasteiger partial charge in [0.2, 0.25) is 5.91 Å². The molecule has 4 rings (SSSR count). The van der Waals surface area contributed by atoms with Crippen LogP contribution in [0.4, 0.5) is 18.9 Å². The summed E-state index contributed by atoms with van der Waals surface area (Å²) >= 11 is 0. The average molecular weight is 378 g/mol. The number of amides is 1. The number of pyridine rings is 1. The minimum atomic E-state index is -4.50. The van der Waals surface area contributed by atoms with E-state index in [0.29, 0.717) is 25.0 Å². The van der Waals surface area contributed by atoms with Crippen LogP contribution in [0.3, 0.4) is 0 Å². The van der Waals surface area contributed by atoms with Crippen molar-refractivity contribution in [1.82, 2.24) is 25.1 Å². The van der Waals surface area contributed by atoms with Crippen LogP contribution in [0.5, 0.6) is 0 Å². The van der Waals surface area contributed by atoms with Gasteiger partial charge in [-0.25, -0.2) is 4.98 Å². The lowest BCUT2D eigenvalue weighted by atomic mass is 10.1. The number of alkyl halides is 3. The summed E-state index contributed by atoms with van der Waals surface area (Å²) in [4.78, 5) is 22.5. The van der Waals surface area contributed by atoms with E-state index < -0.39 is 18.5 Å². The molecule has 7 nitrogen and oxygen atoms in total. The third-order valence-electron chi connectivity index (χ3n) is 4.97. The highest BCUT2D eigenvalue weighted by molar-refractivity contribution is 6.09. The fourth-order valence-electron chi connectivity index (χ4n) is 3.57. The van der Waals surface area contributed by atoms with Crippen LogP contribution in [0.1, 0.15) is 12.8 Å². The van der Waals surface area contributed by atoms with E-state index in [9.17, 15) is 18.0 Å². The van der Waals surface area contributed by atoms with Gasteiger partial charge >= 0.3 is 6.18 Å². The third-order valence-corrected chi connectivity index (χ3v) is 4.97. The third kappa shape index (κ3) is 3.26. The van der Waals surface area contributed by atoms with Crippen molar-refractivity contribution in [2.45, 2.75) is 25.1 Å². The Kier molecular flexibility index (Phi) is 4.12. The Hall–Kier alpha value is -2.91. The molecule has 3 aromatic rings. The van der Waals surface area contributed by atoms with Crippen LogP contribution in [0, 0.1) is 0 Å². The number of hydrogen-bond acceptors (Lipinski definition) is 5. The number of nitrogens with zero attached hydrogens (tertiary/aromatic N) is 5. The maximum Gasteiger partial charge on any atom is 0.397 e. The fraction of sp³-hybridized carbons (Fsp3) is 0.412. The first-order chi connectivity index (χ1) is 12.8. The van der Waals surface area contributed by atoms with Crippen molar-refractivity contribution in [1.29, 1.82) is 0 Å². The molecule has 1 unspecified atom stereocenters. The summed E-state index contributed by atoms with van der Waals surface area (Å²) < 4.78 is 37.5. The van der Waals surface area contributed by atoms with Crippen LogP contribution in [-0.4, -0.2) is 63.3 Å². The van der Waals surface area contributed by atoms with Crippen molar-refractivity contribution in [2.75, 3.05) is 25.0 Å². The van der Waals surface area contributed by atoms with Crippen LogP contribution < -0.4 is 4.90 Å². The first-order valence-corrected chi connectivity index (χ1v) is 8.48. The molecule has 0 radical (unpaired) electrons. The molecule has 1 atom stereocenters. The Balaban J connectivity index is 1.61. The molecule has 27 heavy (non-hydrogen) atoms. The molecule has 10 heteroatoms. The highest BCUT2D eigenvalue weighted by Crippen LogP contribution is 2.33. The second kappa shape index (κ2) is 6.36. The highest BCUT2D eigenvalue weighted by Gasteiger charge is 2.36. The molecule has 1 aliphatic rings. The van der Waals surface area contributed by atoms with Crippen LogP contribution in [0.2, 0.25) is 0 Å². The van der Waals surface area contributed by atoms with Crippen molar-refractivity contribution in [3.8, 4) is 0 Å². The second-order valence-electron chi connectivity index (χ2n) is 6.67. The van der Waals surface area contributed by atoms with E-state index in [2.05, 4.69) is 20.2 Å². The van der Waals surface area contributed by atoms with Crippen LogP contribution in [0.25, 0.3) is 21.9 Å². The van der Waals surface area contributed by atoms with Crippen LogP contribution in [0.15, 0.2) is 24.7 Å². The molecule has 1 aliphatic heterocycles. The zero-order valence-electron chi connectivity index (χ0n) is 14.5. The summed E-state index contributed by atoms with van der Waals surface area (Å²) in [6.45, 7) is 1.05. The second-order valence-corrected chi connectivity index (χ2v) is 6.67. The number of carbonyl (C=O) groups is 1. The fourth-order valence-corrected chi connectivity index (χ4v) is 3.57. The largest absolute Gasteiger partial charge is 0.397 e. The number of nitrogens with one attached hydrogen (secondary N) is 1. The molecule has 3 aromatic heterocycles. The van der Waals surface area contributed by atoms with E-state index in [1.165, 1.54) is 11.9 Å². The van der Waals surface area contributed by atoms with Gasteiger partial charge in [0, 0.05) is 37.1 Å². The lowest BCUT2D eigenvalue weighted by Gasteiger charge is -2.26. The van der Waals surface area contributed by atoms with Gasteiger partial charge in [0.25, 0.3) is 0 Å². The molecule has 142 valence electrons.